The van der Waals surface area contributed by atoms with E-state index in [1.165, 1.54) is 4.90 Å². The second-order valence-electron chi connectivity index (χ2n) is 8.45. The van der Waals surface area contributed by atoms with Crippen molar-refractivity contribution in [2.24, 2.45) is 11.7 Å². The number of nitrogens with two attached hydrogens (primary N) is 1. The van der Waals surface area contributed by atoms with Crippen LogP contribution in [0.1, 0.15) is 24.8 Å². The van der Waals surface area contributed by atoms with Gasteiger partial charge in [0, 0.05) is 35.6 Å². The van der Waals surface area contributed by atoms with Gasteiger partial charge in [-0.15, -0.1) is 0 Å². The van der Waals surface area contributed by atoms with E-state index < -0.39 is 24.0 Å². The summed E-state index contributed by atoms with van der Waals surface area (Å²) in [4.78, 5) is 39.0. The van der Waals surface area contributed by atoms with E-state index in [-0.39, 0.29) is 24.9 Å². The van der Waals surface area contributed by atoms with E-state index in [0.29, 0.717) is 35.0 Å². The minimum absolute atomic E-state index is 0.0252. The van der Waals surface area contributed by atoms with Crippen molar-refractivity contribution in [1.29, 1.82) is 5.41 Å². The molecule has 0 spiro atoms. The first-order valence-corrected chi connectivity index (χ1v) is 11.1. The van der Waals surface area contributed by atoms with Gasteiger partial charge in [0.25, 0.3) is 11.8 Å². The fourth-order valence-electron chi connectivity index (χ4n) is 3.70. The number of aliphatic hydroxyl groups is 1. The number of hydrogen-bond donors (Lipinski definition) is 5. The zero-order chi connectivity index (χ0) is 24.2. The molecule has 1 aliphatic carbocycles. The van der Waals surface area contributed by atoms with Crippen molar-refractivity contribution >= 4 is 40.6 Å². The Kier molecular flexibility index (Phi) is 6.90. The van der Waals surface area contributed by atoms with Crippen LogP contribution in [0.2, 0.25) is 0 Å². The molecule has 178 valence electrons. The number of amides is 3. The van der Waals surface area contributed by atoms with Crippen molar-refractivity contribution in [1.82, 2.24) is 0 Å². The lowest BCUT2D eigenvalue weighted by molar-refractivity contribution is -0.150. The number of nitrogens with zero attached hydrogens (tertiary/aromatic N) is 1. The molecular weight excluding hydrogens is 438 g/mol. The molecule has 2 fully saturated rings. The molecule has 2 aromatic rings. The summed E-state index contributed by atoms with van der Waals surface area (Å²) in [6.07, 6.45) is -0.357. The Hall–Kier alpha value is -3.76. The van der Waals surface area contributed by atoms with Gasteiger partial charge in [0.15, 0.2) is 12.2 Å². The molecule has 1 aliphatic heterocycles. The zero-order valence-corrected chi connectivity index (χ0v) is 18.5. The molecule has 1 heterocycles. The third kappa shape index (κ3) is 5.59. The fraction of sp³-hybridized carbons (Fsp3) is 0.333. The SMILES string of the molecule is N=C(N)c1ccc(NC(=O)C(O)[C@H]2OCCN(c3ccc(NC(=O)CC4CC4)cc3)C2=O)cc1. The predicted octanol–water partition coefficient (Wildman–Crippen LogP) is 1.44. The van der Waals surface area contributed by atoms with Crippen LogP contribution in [0.5, 0.6) is 0 Å². The first-order chi connectivity index (χ1) is 16.3. The minimum atomic E-state index is -1.72. The fourth-order valence-corrected chi connectivity index (χ4v) is 3.70. The first-order valence-electron chi connectivity index (χ1n) is 11.1. The van der Waals surface area contributed by atoms with E-state index in [4.69, 9.17) is 15.9 Å². The second kappa shape index (κ2) is 10.0. The average molecular weight is 466 g/mol. The Morgan fingerprint density at radius 2 is 1.71 bits per heavy atom. The molecule has 1 saturated carbocycles. The van der Waals surface area contributed by atoms with Gasteiger partial charge in [-0.25, -0.2) is 0 Å². The van der Waals surface area contributed by atoms with Gasteiger partial charge in [0.05, 0.1) is 6.61 Å². The molecule has 0 radical (unpaired) electrons. The predicted molar refractivity (Wildman–Crippen MR) is 127 cm³/mol. The van der Waals surface area contributed by atoms with E-state index in [9.17, 15) is 19.5 Å². The van der Waals surface area contributed by atoms with Gasteiger partial charge in [-0.2, -0.15) is 0 Å². The van der Waals surface area contributed by atoms with Crippen molar-refractivity contribution in [2.45, 2.75) is 31.5 Å². The highest BCUT2D eigenvalue weighted by Crippen LogP contribution is 2.32. The van der Waals surface area contributed by atoms with Gasteiger partial charge in [-0.3, -0.25) is 19.8 Å². The molecule has 34 heavy (non-hydrogen) atoms. The maximum absolute atomic E-state index is 13.0. The minimum Gasteiger partial charge on any atom is -0.384 e. The lowest BCUT2D eigenvalue weighted by atomic mass is 10.1. The average Bonchev–Trinajstić information content (AvgIpc) is 3.63. The molecule has 10 nitrogen and oxygen atoms in total. The monoisotopic (exact) mass is 465 g/mol. The Morgan fingerprint density at radius 1 is 1.09 bits per heavy atom. The summed E-state index contributed by atoms with van der Waals surface area (Å²) in [6.45, 7) is 0.414. The van der Waals surface area contributed by atoms with Crippen LogP contribution in [0, 0.1) is 11.3 Å². The number of morpholine rings is 1. The van der Waals surface area contributed by atoms with Gasteiger partial charge in [0.2, 0.25) is 5.91 Å². The van der Waals surface area contributed by atoms with E-state index in [1.54, 1.807) is 48.5 Å². The smallest absolute Gasteiger partial charge is 0.259 e. The topological polar surface area (TPSA) is 158 Å². The highest BCUT2D eigenvalue weighted by molar-refractivity contribution is 6.04. The van der Waals surface area contributed by atoms with Gasteiger partial charge in [0.1, 0.15) is 5.84 Å². The summed E-state index contributed by atoms with van der Waals surface area (Å²) in [6, 6.07) is 13.0. The normalized spacial score (nSPS) is 18.8. The quantitative estimate of drug-likeness (QED) is 0.293. The van der Waals surface area contributed by atoms with E-state index >= 15 is 0 Å². The van der Waals surface area contributed by atoms with Crippen molar-refractivity contribution in [3.05, 3.63) is 54.1 Å². The number of ether oxygens (including phenoxy) is 1. The number of rotatable bonds is 8. The van der Waals surface area contributed by atoms with Gasteiger partial charge >= 0.3 is 0 Å². The molecular formula is C24H27N5O5. The summed E-state index contributed by atoms with van der Waals surface area (Å²) in [5.74, 6) is -0.961. The molecule has 3 amide bonds. The van der Waals surface area contributed by atoms with Gasteiger partial charge < -0.3 is 31.1 Å². The van der Waals surface area contributed by atoms with Crippen molar-refractivity contribution in [3.63, 3.8) is 0 Å². The first kappa shape index (κ1) is 23.4. The van der Waals surface area contributed by atoms with Crippen molar-refractivity contribution in [2.75, 3.05) is 28.7 Å². The molecule has 10 heteroatoms. The molecule has 1 saturated heterocycles. The van der Waals surface area contributed by atoms with Crippen LogP contribution in [-0.4, -0.2) is 54.0 Å². The summed E-state index contributed by atoms with van der Waals surface area (Å²) < 4.78 is 5.43. The van der Waals surface area contributed by atoms with Crippen molar-refractivity contribution < 1.29 is 24.2 Å². The number of anilines is 3. The maximum Gasteiger partial charge on any atom is 0.259 e. The number of amidine groups is 1. The van der Waals surface area contributed by atoms with Gasteiger partial charge in [-0.05, 0) is 67.3 Å². The number of carbonyl (C=O) groups is 3. The molecule has 4 rings (SSSR count). The number of aliphatic hydroxyl groups excluding tert-OH is 1. The van der Waals surface area contributed by atoms with Crippen LogP contribution >= 0.6 is 0 Å². The summed E-state index contributed by atoms with van der Waals surface area (Å²) >= 11 is 0. The Labute approximate surface area is 196 Å². The number of nitrogens with one attached hydrogen (secondary N) is 3. The molecule has 0 bridgehead atoms. The van der Waals surface area contributed by atoms with E-state index in [2.05, 4.69) is 10.6 Å². The molecule has 2 aliphatic rings. The highest BCUT2D eigenvalue weighted by atomic mass is 16.5. The largest absolute Gasteiger partial charge is 0.384 e. The van der Waals surface area contributed by atoms with Crippen LogP contribution in [0.25, 0.3) is 0 Å². The highest BCUT2D eigenvalue weighted by Gasteiger charge is 2.39. The number of benzene rings is 2. The third-order valence-corrected chi connectivity index (χ3v) is 5.77. The van der Waals surface area contributed by atoms with Crippen LogP contribution in [-0.2, 0) is 19.1 Å². The number of hydrogen-bond acceptors (Lipinski definition) is 6. The lowest BCUT2D eigenvalue weighted by Crippen LogP contribution is -2.55. The van der Waals surface area contributed by atoms with Crippen LogP contribution in [0.15, 0.2) is 48.5 Å². The van der Waals surface area contributed by atoms with Gasteiger partial charge in [-0.1, -0.05) is 0 Å². The Bertz CT molecular complexity index is 1080. The summed E-state index contributed by atoms with van der Waals surface area (Å²) in [5, 5.41) is 23.3. The molecule has 2 atom stereocenters. The Morgan fingerprint density at radius 3 is 2.32 bits per heavy atom. The zero-order valence-electron chi connectivity index (χ0n) is 18.5. The van der Waals surface area contributed by atoms with Crippen LogP contribution in [0.4, 0.5) is 17.1 Å². The molecule has 0 aromatic heterocycles. The van der Waals surface area contributed by atoms with Crippen molar-refractivity contribution in [3.8, 4) is 0 Å². The van der Waals surface area contributed by atoms with Crippen LogP contribution in [0.3, 0.4) is 0 Å². The molecule has 1 unspecified atom stereocenters. The Balaban J connectivity index is 1.37. The molecule has 2 aromatic carbocycles. The summed E-state index contributed by atoms with van der Waals surface area (Å²) in [7, 11) is 0. The second-order valence-corrected chi connectivity index (χ2v) is 8.45. The third-order valence-electron chi connectivity index (χ3n) is 5.77. The van der Waals surface area contributed by atoms with Crippen LogP contribution < -0.4 is 21.3 Å². The van der Waals surface area contributed by atoms with E-state index in [0.717, 1.165) is 12.8 Å². The lowest BCUT2D eigenvalue weighted by Gasteiger charge is -2.34. The number of carbonyl (C=O) groups excluding carboxylic acids is 3. The molecule has 6 N–H and O–H groups in total. The maximum atomic E-state index is 13.0. The standard InChI is InChI=1S/C24H27N5O5/c25-22(26)15-3-5-17(6-4-15)28-23(32)20(31)21-24(33)29(11-12-34-21)18-9-7-16(8-10-18)27-19(30)13-14-1-2-14/h3-10,14,20-21,31H,1-2,11-13H2,(H3,25,26)(H,27,30)(H,28,32)/t20?,21-/m1/s1. The summed E-state index contributed by atoms with van der Waals surface area (Å²) in [5.41, 5.74) is 7.51. The number of nitrogen functional groups attached to an aromatic ring is 1. The van der Waals surface area contributed by atoms with E-state index in [1.807, 2.05) is 0 Å².